The fraction of sp³-hybridized carbons (Fsp3) is 0.514. The largest absolute Gasteiger partial charge is 0.394 e. The lowest BCUT2D eigenvalue weighted by molar-refractivity contribution is -0.151. The molecule has 0 aromatic heterocycles. The van der Waals surface area contributed by atoms with Crippen molar-refractivity contribution in [2.24, 2.45) is 11.8 Å². The third-order valence-corrected chi connectivity index (χ3v) is 10.2. The lowest BCUT2D eigenvalue weighted by atomic mass is 9.70. The van der Waals surface area contributed by atoms with Crippen molar-refractivity contribution in [2.75, 3.05) is 29.5 Å². The number of rotatable bonds is 7. The lowest BCUT2D eigenvalue weighted by Crippen LogP contribution is -2.48. The molecule has 2 N–H and O–H groups in total. The van der Waals surface area contributed by atoms with E-state index in [9.17, 15) is 24.6 Å². The molecule has 5 atom stereocenters. The van der Waals surface area contributed by atoms with Crippen LogP contribution in [0, 0.1) is 11.8 Å². The van der Waals surface area contributed by atoms with Gasteiger partial charge in [-0.05, 0) is 62.4 Å². The molecule has 2 aromatic rings. The van der Waals surface area contributed by atoms with Crippen molar-refractivity contribution in [1.29, 1.82) is 0 Å². The summed E-state index contributed by atoms with van der Waals surface area (Å²) in [5, 5.41) is 21.7. The molecule has 4 aliphatic heterocycles. The van der Waals surface area contributed by atoms with Crippen LogP contribution in [0.1, 0.15) is 63.1 Å². The number of nitrogens with zero attached hydrogens (tertiary/aromatic N) is 3. The summed E-state index contributed by atoms with van der Waals surface area (Å²) in [4.78, 5) is 46.4. The van der Waals surface area contributed by atoms with E-state index in [1.54, 1.807) is 34.6 Å². The molecule has 2 fully saturated rings. The average molecular weight is 602 g/mol. The van der Waals surface area contributed by atoms with E-state index in [-0.39, 0.29) is 43.3 Å². The van der Waals surface area contributed by atoms with E-state index in [0.29, 0.717) is 42.9 Å². The fourth-order valence-corrected chi connectivity index (χ4v) is 8.15. The number of anilines is 2. The highest BCUT2D eigenvalue weighted by atomic mass is 16.5. The van der Waals surface area contributed by atoms with E-state index in [1.165, 1.54) is 0 Å². The Kier molecular flexibility index (Phi) is 7.93. The summed E-state index contributed by atoms with van der Waals surface area (Å²) >= 11 is 0. The maximum absolute atomic E-state index is 14.4. The van der Waals surface area contributed by atoms with E-state index in [2.05, 4.69) is 6.58 Å². The highest BCUT2D eigenvalue weighted by Crippen LogP contribution is 2.58. The number of amides is 3. The number of benzene rings is 2. The number of carbonyl (C=O) groups is 3. The van der Waals surface area contributed by atoms with Crippen molar-refractivity contribution >= 4 is 29.1 Å². The topological polar surface area (TPSA) is 111 Å². The maximum atomic E-state index is 14.4. The molecule has 4 heterocycles. The van der Waals surface area contributed by atoms with Crippen LogP contribution in [0.5, 0.6) is 0 Å². The van der Waals surface area contributed by atoms with Crippen LogP contribution in [0.25, 0.3) is 0 Å². The zero-order chi connectivity index (χ0) is 31.4. The van der Waals surface area contributed by atoms with Crippen LogP contribution in [-0.4, -0.2) is 70.3 Å². The number of carbonyl (C=O) groups excluding carboxylic acids is 3. The van der Waals surface area contributed by atoms with E-state index in [0.717, 1.165) is 24.0 Å². The molecule has 1 spiro atoms. The molecule has 9 nitrogen and oxygen atoms in total. The summed E-state index contributed by atoms with van der Waals surface area (Å²) in [6, 6.07) is 13.2. The second-order valence-corrected chi connectivity index (χ2v) is 13.3. The number of fused-ring (bicyclic) bond motifs is 3. The predicted octanol–water partition coefficient (Wildman–Crippen LogP) is 3.69. The fourth-order valence-electron chi connectivity index (χ4n) is 8.15. The number of ether oxygens (including phenoxy) is 1. The third kappa shape index (κ3) is 4.86. The zero-order valence-electron chi connectivity index (χ0n) is 25.9. The van der Waals surface area contributed by atoms with Gasteiger partial charge in [0.25, 0.3) is 5.91 Å². The zero-order valence-corrected chi connectivity index (χ0v) is 25.9. The third-order valence-electron chi connectivity index (χ3n) is 10.2. The van der Waals surface area contributed by atoms with E-state index < -0.39 is 29.1 Å². The maximum Gasteiger partial charge on any atom is 0.264 e. The molecule has 0 bridgehead atoms. The lowest BCUT2D eigenvalue weighted by Gasteiger charge is -2.38. The Hall–Kier alpha value is -3.53. The molecule has 2 aromatic carbocycles. The Labute approximate surface area is 259 Å². The first-order valence-electron chi connectivity index (χ1n) is 15.8. The number of hydrogen-bond donors (Lipinski definition) is 2. The minimum absolute atomic E-state index is 0.0478. The molecule has 2 saturated heterocycles. The number of piperidine rings is 1. The highest BCUT2D eigenvalue weighted by Gasteiger charge is 2.66. The molecule has 4 aliphatic rings. The van der Waals surface area contributed by atoms with E-state index in [4.69, 9.17) is 4.74 Å². The summed E-state index contributed by atoms with van der Waals surface area (Å²) in [5.74, 6) is -1.45. The van der Waals surface area contributed by atoms with Crippen LogP contribution in [0.3, 0.4) is 0 Å². The Balaban J connectivity index is 1.38. The van der Waals surface area contributed by atoms with Gasteiger partial charge < -0.3 is 29.6 Å². The van der Waals surface area contributed by atoms with Gasteiger partial charge in [0.1, 0.15) is 0 Å². The predicted molar refractivity (Wildman–Crippen MR) is 167 cm³/mol. The molecular weight excluding hydrogens is 558 g/mol. The number of hydrogen-bond acceptors (Lipinski definition) is 6. The summed E-state index contributed by atoms with van der Waals surface area (Å²) in [5.41, 5.74) is 1.49. The first-order valence-corrected chi connectivity index (χ1v) is 15.8. The van der Waals surface area contributed by atoms with Gasteiger partial charge in [0.2, 0.25) is 11.8 Å². The van der Waals surface area contributed by atoms with Gasteiger partial charge in [0.15, 0.2) is 5.60 Å². The Bertz CT molecular complexity index is 1480. The molecule has 0 saturated carbocycles. The number of aliphatic hydroxyl groups is 2. The van der Waals surface area contributed by atoms with Gasteiger partial charge >= 0.3 is 0 Å². The highest BCUT2D eigenvalue weighted by molar-refractivity contribution is 6.08. The van der Waals surface area contributed by atoms with Crippen molar-refractivity contribution in [3.63, 3.8) is 0 Å². The number of aliphatic hydroxyl groups excluding tert-OH is 1. The molecule has 6 rings (SSSR count). The van der Waals surface area contributed by atoms with Crippen LogP contribution in [0.15, 0.2) is 55.1 Å². The standard InChI is InChI=1S/C35H43N3O6/c1-5-15-37-28-14-13-25(36-16-9-8-12-30(36)40)18-27(28)35(33(37)42)22(2)32(34(3,4)43)29(44-35)19-31(41)38-20-24-11-7-6-10-23(24)17-26(38)21-39/h5-7,10-11,13-14,18,22,26,29,32,39,43H,1,8-9,12,15-17,19-21H2,2-4H3/t22-,26+,29+,32-,35+/m1/s1. The summed E-state index contributed by atoms with van der Waals surface area (Å²) < 4.78 is 6.85. The van der Waals surface area contributed by atoms with Crippen LogP contribution >= 0.6 is 0 Å². The van der Waals surface area contributed by atoms with Gasteiger partial charge in [-0.15, -0.1) is 6.58 Å². The van der Waals surface area contributed by atoms with Crippen LogP contribution in [0.2, 0.25) is 0 Å². The minimum Gasteiger partial charge on any atom is -0.394 e. The van der Waals surface area contributed by atoms with Gasteiger partial charge in [-0.25, -0.2) is 0 Å². The molecule has 9 heteroatoms. The molecular formula is C35H43N3O6. The second kappa shape index (κ2) is 11.4. The smallest absolute Gasteiger partial charge is 0.264 e. The van der Waals surface area contributed by atoms with Crippen molar-refractivity contribution in [3.8, 4) is 0 Å². The Morgan fingerprint density at radius 1 is 1.16 bits per heavy atom. The summed E-state index contributed by atoms with van der Waals surface area (Å²) in [6.07, 6.45) is 3.65. The van der Waals surface area contributed by atoms with Crippen molar-refractivity contribution in [3.05, 3.63) is 71.8 Å². The SMILES string of the molecule is C=CCN1C(=O)[C@@]2(O[C@@H](CC(=O)N3Cc4ccccc4C[C@H]3CO)[C@H](C(C)(C)O)[C@H]2C)c2cc(N3CCCCC3=O)ccc21. The first-order chi connectivity index (χ1) is 21.0. The molecule has 234 valence electrons. The van der Waals surface area contributed by atoms with Crippen molar-refractivity contribution in [1.82, 2.24) is 4.90 Å². The van der Waals surface area contributed by atoms with E-state index in [1.807, 2.05) is 49.4 Å². The van der Waals surface area contributed by atoms with Gasteiger partial charge in [-0.1, -0.05) is 37.3 Å². The Morgan fingerprint density at radius 2 is 1.91 bits per heavy atom. The van der Waals surface area contributed by atoms with Crippen LogP contribution in [0.4, 0.5) is 11.4 Å². The van der Waals surface area contributed by atoms with Gasteiger partial charge in [0, 0.05) is 49.1 Å². The monoisotopic (exact) mass is 601 g/mol. The summed E-state index contributed by atoms with van der Waals surface area (Å²) in [7, 11) is 0. The van der Waals surface area contributed by atoms with Crippen molar-refractivity contribution in [2.45, 2.75) is 82.8 Å². The quantitative estimate of drug-likeness (QED) is 0.469. The van der Waals surface area contributed by atoms with Crippen molar-refractivity contribution < 1.29 is 29.3 Å². The molecule has 0 radical (unpaired) electrons. The summed E-state index contributed by atoms with van der Waals surface area (Å²) in [6.45, 7) is 10.3. The second-order valence-electron chi connectivity index (χ2n) is 13.3. The molecule has 3 amide bonds. The van der Waals surface area contributed by atoms with E-state index >= 15 is 0 Å². The van der Waals surface area contributed by atoms with Gasteiger partial charge in [-0.3, -0.25) is 14.4 Å². The first kappa shape index (κ1) is 30.5. The average Bonchev–Trinajstić information content (AvgIpc) is 3.42. The van der Waals surface area contributed by atoms with Crippen LogP contribution < -0.4 is 9.80 Å². The molecule has 0 unspecified atom stereocenters. The Morgan fingerprint density at radius 3 is 2.59 bits per heavy atom. The van der Waals surface area contributed by atoms with Gasteiger partial charge in [0.05, 0.1) is 36.5 Å². The normalized spacial score (nSPS) is 28.4. The molecule has 44 heavy (non-hydrogen) atoms. The minimum atomic E-state index is -1.45. The van der Waals surface area contributed by atoms with Gasteiger partial charge in [-0.2, -0.15) is 0 Å². The van der Waals surface area contributed by atoms with Crippen LogP contribution in [-0.2, 0) is 37.7 Å². The molecule has 0 aliphatic carbocycles.